The van der Waals surface area contributed by atoms with Gasteiger partial charge in [0.15, 0.2) is 0 Å². The van der Waals surface area contributed by atoms with E-state index >= 15 is 0 Å². The first-order valence-corrected chi connectivity index (χ1v) is 7.91. The Kier molecular flexibility index (Phi) is 5.04. The first-order valence-electron chi connectivity index (χ1n) is 7.91. The largest absolute Gasteiger partial charge is 0.461 e. The third kappa shape index (κ3) is 3.70. The lowest BCUT2D eigenvalue weighted by molar-refractivity contribution is 0.0517. The van der Waals surface area contributed by atoms with Gasteiger partial charge < -0.3 is 10.5 Å². The van der Waals surface area contributed by atoms with Gasteiger partial charge in [0.25, 0.3) is 0 Å². The van der Waals surface area contributed by atoms with Gasteiger partial charge in [-0.15, -0.1) is 0 Å². The van der Waals surface area contributed by atoms with Crippen LogP contribution in [0.25, 0.3) is 22.3 Å². The van der Waals surface area contributed by atoms with Crippen molar-refractivity contribution in [2.24, 2.45) is 5.73 Å². The summed E-state index contributed by atoms with van der Waals surface area (Å²) in [6.45, 7) is 0.569. The minimum Gasteiger partial charge on any atom is -0.461 e. The molecule has 0 bridgehead atoms. The molecule has 0 aliphatic heterocycles. The molecule has 0 saturated heterocycles. The molecule has 24 heavy (non-hydrogen) atoms. The summed E-state index contributed by atoms with van der Waals surface area (Å²) in [5.74, 6) is -0.341. The number of esters is 1. The summed E-state index contributed by atoms with van der Waals surface area (Å²) < 4.78 is 5.02. The molecule has 0 aliphatic carbocycles. The van der Waals surface area contributed by atoms with Crippen molar-refractivity contribution in [2.45, 2.75) is 0 Å². The van der Waals surface area contributed by atoms with Crippen LogP contribution >= 0.6 is 0 Å². The highest BCUT2D eigenvalue weighted by atomic mass is 16.5. The van der Waals surface area contributed by atoms with Gasteiger partial charge in [-0.2, -0.15) is 0 Å². The van der Waals surface area contributed by atoms with E-state index in [1.165, 1.54) is 11.1 Å². The first kappa shape index (κ1) is 16.0. The van der Waals surface area contributed by atoms with Crippen LogP contribution in [0.5, 0.6) is 0 Å². The molecule has 0 aliphatic rings. The molecule has 3 heteroatoms. The van der Waals surface area contributed by atoms with E-state index in [0.29, 0.717) is 12.1 Å². The van der Waals surface area contributed by atoms with Gasteiger partial charge in [0.2, 0.25) is 0 Å². The normalized spacial score (nSPS) is 10.4. The topological polar surface area (TPSA) is 52.3 Å². The van der Waals surface area contributed by atoms with Crippen LogP contribution in [-0.2, 0) is 4.74 Å². The quantitative estimate of drug-likeness (QED) is 0.720. The van der Waals surface area contributed by atoms with E-state index in [0.717, 1.165) is 11.1 Å². The summed E-state index contributed by atoms with van der Waals surface area (Å²) in [4.78, 5) is 11.8. The number of ether oxygens (including phenoxy) is 1. The van der Waals surface area contributed by atoms with E-state index in [2.05, 4.69) is 36.4 Å². The number of benzene rings is 3. The van der Waals surface area contributed by atoms with Crippen molar-refractivity contribution in [1.29, 1.82) is 0 Å². The van der Waals surface area contributed by atoms with Gasteiger partial charge in [-0.05, 0) is 34.4 Å². The minimum absolute atomic E-state index is 0.238. The fourth-order valence-electron chi connectivity index (χ4n) is 2.52. The van der Waals surface area contributed by atoms with E-state index < -0.39 is 0 Å². The maximum absolute atomic E-state index is 11.8. The average molecular weight is 317 g/mol. The highest BCUT2D eigenvalue weighted by molar-refractivity contribution is 5.90. The standard InChI is InChI=1S/C21H19NO2/c22-14-15-24-21(23)20-12-10-19(11-13-20)18-8-6-17(7-9-18)16-4-2-1-3-5-16/h1-13H,14-15,22H2. The van der Waals surface area contributed by atoms with Crippen LogP contribution in [0, 0.1) is 0 Å². The summed E-state index contributed by atoms with van der Waals surface area (Å²) in [6.07, 6.45) is 0. The van der Waals surface area contributed by atoms with Crippen LogP contribution in [0.3, 0.4) is 0 Å². The van der Waals surface area contributed by atoms with Crippen molar-refractivity contribution in [3.8, 4) is 22.3 Å². The Balaban J connectivity index is 1.76. The zero-order chi connectivity index (χ0) is 16.8. The second kappa shape index (κ2) is 7.57. The lowest BCUT2D eigenvalue weighted by Crippen LogP contribution is -2.13. The molecular formula is C21H19NO2. The van der Waals surface area contributed by atoms with Crippen molar-refractivity contribution in [3.05, 3.63) is 84.4 Å². The Labute approximate surface area is 141 Å². The van der Waals surface area contributed by atoms with Crippen molar-refractivity contribution in [3.63, 3.8) is 0 Å². The van der Waals surface area contributed by atoms with Crippen LogP contribution in [-0.4, -0.2) is 19.1 Å². The molecule has 3 rings (SSSR count). The van der Waals surface area contributed by atoms with E-state index in [1.807, 2.05) is 30.3 Å². The Bertz CT molecular complexity index is 794. The van der Waals surface area contributed by atoms with Crippen LogP contribution in [0.2, 0.25) is 0 Å². The number of hydrogen-bond donors (Lipinski definition) is 1. The second-order valence-corrected chi connectivity index (χ2v) is 5.45. The summed E-state index contributed by atoms with van der Waals surface area (Å²) >= 11 is 0. The molecule has 0 atom stereocenters. The zero-order valence-electron chi connectivity index (χ0n) is 13.3. The van der Waals surface area contributed by atoms with Crippen LogP contribution < -0.4 is 5.73 Å². The number of hydrogen-bond acceptors (Lipinski definition) is 3. The average Bonchev–Trinajstić information content (AvgIpc) is 2.67. The van der Waals surface area contributed by atoms with E-state index in [4.69, 9.17) is 10.5 Å². The van der Waals surface area contributed by atoms with Crippen molar-refractivity contribution in [1.82, 2.24) is 0 Å². The molecule has 0 spiro atoms. The molecule has 3 aromatic rings. The predicted octanol–water partition coefficient (Wildman–Crippen LogP) is 4.14. The number of carbonyl (C=O) groups excluding carboxylic acids is 1. The van der Waals surface area contributed by atoms with Gasteiger partial charge in [-0.3, -0.25) is 0 Å². The van der Waals surface area contributed by atoms with E-state index in [-0.39, 0.29) is 12.6 Å². The number of rotatable bonds is 5. The van der Waals surface area contributed by atoms with Gasteiger partial charge in [0, 0.05) is 6.54 Å². The molecule has 0 unspecified atom stereocenters. The summed E-state index contributed by atoms with van der Waals surface area (Å²) in [5.41, 5.74) is 10.4. The minimum atomic E-state index is -0.341. The number of nitrogens with two attached hydrogens (primary N) is 1. The molecule has 0 saturated carbocycles. The molecule has 0 heterocycles. The van der Waals surface area contributed by atoms with Gasteiger partial charge in [0.05, 0.1) is 5.56 Å². The maximum Gasteiger partial charge on any atom is 0.338 e. The Morgan fingerprint density at radius 1 is 0.708 bits per heavy atom. The van der Waals surface area contributed by atoms with Crippen LogP contribution in [0.15, 0.2) is 78.9 Å². The Morgan fingerprint density at radius 2 is 1.17 bits per heavy atom. The third-order valence-electron chi connectivity index (χ3n) is 3.80. The summed E-state index contributed by atoms with van der Waals surface area (Å²) in [5, 5.41) is 0. The Morgan fingerprint density at radius 3 is 1.67 bits per heavy atom. The van der Waals surface area contributed by atoms with Gasteiger partial charge in [-0.1, -0.05) is 66.7 Å². The molecule has 0 radical (unpaired) electrons. The molecule has 2 N–H and O–H groups in total. The molecule has 3 aromatic carbocycles. The predicted molar refractivity (Wildman–Crippen MR) is 96.7 cm³/mol. The Hall–Kier alpha value is -2.91. The molecule has 0 amide bonds. The lowest BCUT2D eigenvalue weighted by atomic mass is 10.00. The van der Waals surface area contributed by atoms with Gasteiger partial charge in [0.1, 0.15) is 6.61 Å². The van der Waals surface area contributed by atoms with Crippen molar-refractivity contribution < 1.29 is 9.53 Å². The highest BCUT2D eigenvalue weighted by Crippen LogP contribution is 2.25. The van der Waals surface area contributed by atoms with Crippen LogP contribution in [0.1, 0.15) is 10.4 Å². The smallest absolute Gasteiger partial charge is 0.338 e. The SMILES string of the molecule is NCCOC(=O)c1ccc(-c2ccc(-c3ccccc3)cc2)cc1. The van der Waals surface area contributed by atoms with Crippen molar-refractivity contribution >= 4 is 5.97 Å². The molecule has 0 fully saturated rings. The van der Waals surface area contributed by atoms with E-state index in [9.17, 15) is 4.79 Å². The van der Waals surface area contributed by atoms with Gasteiger partial charge >= 0.3 is 5.97 Å². The molecule has 3 nitrogen and oxygen atoms in total. The maximum atomic E-state index is 11.8. The van der Waals surface area contributed by atoms with Gasteiger partial charge in [-0.25, -0.2) is 4.79 Å². The van der Waals surface area contributed by atoms with Crippen LogP contribution in [0.4, 0.5) is 0 Å². The monoisotopic (exact) mass is 317 g/mol. The lowest BCUT2D eigenvalue weighted by Gasteiger charge is -2.07. The van der Waals surface area contributed by atoms with Crippen molar-refractivity contribution in [2.75, 3.05) is 13.2 Å². The van der Waals surface area contributed by atoms with E-state index in [1.54, 1.807) is 12.1 Å². The molecular weight excluding hydrogens is 298 g/mol. The fraction of sp³-hybridized carbons (Fsp3) is 0.0952. The second-order valence-electron chi connectivity index (χ2n) is 5.45. The summed E-state index contributed by atoms with van der Waals surface area (Å²) in [7, 11) is 0. The highest BCUT2D eigenvalue weighted by Gasteiger charge is 2.07. The number of carbonyl (C=O) groups is 1. The first-order chi connectivity index (χ1) is 11.8. The summed E-state index contributed by atoms with van der Waals surface area (Å²) in [6, 6.07) is 26.1. The molecule has 0 aromatic heterocycles. The molecule has 120 valence electrons. The zero-order valence-corrected chi connectivity index (χ0v) is 13.3. The fourth-order valence-corrected chi connectivity index (χ4v) is 2.52. The third-order valence-corrected chi connectivity index (χ3v) is 3.80.